The molecule has 5 rings (SSSR count). The molecule has 5 nitrogen and oxygen atoms in total. The summed E-state index contributed by atoms with van der Waals surface area (Å²) in [5.41, 5.74) is 0.853. The van der Waals surface area contributed by atoms with Crippen LogP contribution in [0.4, 0.5) is 10.1 Å². The Morgan fingerprint density at radius 1 is 1.00 bits per heavy atom. The van der Waals surface area contributed by atoms with Crippen molar-refractivity contribution in [1.82, 2.24) is 0 Å². The van der Waals surface area contributed by atoms with Crippen molar-refractivity contribution in [2.75, 3.05) is 11.4 Å². The Hall–Kier alpha value is -2.57. The molecule has 3 aliphatic heterocycles. The van der Waals surface area contributed by atoms with Gasteiger partial charge in [0.15, 0.2) is 6.04 Å². The van der Waals surface area contributed by atoms with Gasteiger partial charge in [-0.15, -0.1) is 0 Å². The molecule has 3 fully saturated rings. The number of hydrogen-bond acceptors (Lipinski definition) is 3. The maximum Gasteiger partial charge on any atom is 0.244 e. The van der Waals surface area contributed by atoms with Gasteiger partial charge in [0.2, 0.25) is 17.6 Å². The van der Waals surface area contributed by atoms with Crippen molar-refractivity contribution in [2.45, 2.75) is 24.9 Å². The van der Waals surface area contributed by atoms with E-state index in [1.54, 1.807) is 24.3 Å². The summed E-state index contributed by atoms with van der Waals surface area (Å²) in [6.45, 7) is 0.777. The standard InChI is InChI=1S/C22H18ClFN2O3/c23-13-5-3-12(4-6-13)20(27)19-18-17(16-2-1-11-25(16)19)21(28)26(22(18)29)15-9-7-14(24)8-10-15/h3-10,16-19H,1-2,11H2/p+1/t16-,17-,18-,19-/m1/s1. The Morgan fingerprint density at radius 2 is 1.66 bits per heavy atom. The van der Waals surface area contributed by atoms with Crippen LogP contribution in [0.3, 0.4) is 0 Å². The number of imide groups is 1. The highest BCUT2D eigenvalue weighted by atomic mass is 35.5. The van der Waals surface area contributed by atoms with E-state index in [9.17, 15) is 18.8 Å². The number of carbonyl (C=O) groups excluding carboxylic acids is 3. The average molecular weight is 414 g/mol. The quantitative estimate of drug-likeness (QED) is 0.617. The number of hydrogen-bond donors (Lipinski definition) is 1. The number of carbonyl (C=O) groups is 3. The fourth-order valence-corrected chi connectivity index (χ4v) is 5.51. The van der Waals surface area contributed by atoms with Gasteiger partial charge in [-0.05, 0) is 48.5 Å². The normalized spacial score (nSPS) is 30.6. The minimum absolute atomic E-state index is 0.0388. The van der Waals surface area contributed by atoms with Gasteiger partial charge < -0.3 is 4.90 Å². The van der Waals surface area contributed by atoms with E-state index in [-0.39, 0.29) is 23.6 Å². The molecule has 29 heavy (non-hydrogen) atoms. The van der Waals surface area contributed by atoms with Crippen LogP contribution in [0.1, 0.15) is 23.2 Å². The van der Waals surface area contributed by atoms with Crippen LogP contribution in [-0.4, -0.2) is 36.2 Å². The average Bonchev–Trinajstić information content (AvgIpc) is 3.35. The molecule has 3 aliphatic rings. The second kappa shape index (κ2) is 6.75. The van der Waals surface area contributed by atoms with Crippen LogP contribution in [0.15, 0.2) is 48.5 Å². The van der Waals surface area contributed by atoms with Gasteiger partial charge >= 0.3 is 0 Å². The first kappa shape index (κ1) is 18.5. The van der Waals surface area contributed by atoms with E-state index in [1.807, 2.05) is 0 Å². The molecule has 0 spiro atoms. The topological polar surface area (TPSA) is 58.9 Å². The minimum Gasteiger partial charge on any atom is -0.322 e. The zero-order valence-corrected chi connectivity index (χ0v) is 16.2. The zero-order valence-electron chi connectivity index (χ0n) is 15.5. The number of fused-ring (bicyclic) bond motifs is 3. The number of Topliss-reactive ketones (excluding diaryl/α,β-unsaturated/α-hetero) is 1. The third kappa shape index (κ3) is 2.74. The van der Waals surface area contributed by atoms with Crippen molar-refractivity contribution in [2.24, 2.45) is 11.8 Å². The molecule has 1 unspecified atom stereocenters. The molecule has 0 saturated carbocycles. The highest BCUT2D eigenvalue weighted by Crippen LogP contribution is 2.40. The molecule has 148 valence electrons. The SMILES string of the molecule is O=C(c1ccc(Cl)cc1)[C@H]1[C@@H]2C(=O)N(c3ccc(F)cc3)C(=O)[C@@H]2[C@H]2CCC[NH+]21. The Morgan fingerprint density at radius 3 is 2.34 bits per heavy atom. The monoisotopic (exact) mass is 413 g/mol. The molecule has 0 aliphatic carbocycles. The summed E-state index contributed by atoms with van der Waals surface area (Å²) in [7, 11) is 0. The fourth-order valence-electron chi connectivity index (χ4n) is 5.38. The van der Waals surface area contributed by atoms with E-state index in [0.717, 1.165) is 29.2 Å². The predicted octanol–water partition coefficient (Wildman–Crippen LogP) is 1.90. The van der Waals surface area contributed by atoms with Gasteiger partial charge in [-0.3, -0.25) is 14.4 Å². The highest BCUT2D eigenvalue weighted by Gasteiger charge is 2.68. The van der Waals surface area contributed by atoms with Gasteiger partial charge in [0.1, 0.15) is 23.7 Å². The number of benzene rings is 2. The molecule has 3 heterocycles. The first-order valence-corrected chi connectivity index (χ1v) is 10.1. The molecule has 0 bridgehead atoms. The van der Waals surface area contributed by atoms with Gasteiger partial charge in [0.25, 0.3) is 0 Å². The summed E-state index contributed by atoms with van der Waals surface area (Å²) in [6, 6.07) is 11.3. The molecule has 7 heteroatoms. The lowest BCUT2D eigenvalue weighted by atomic mass is 9.85. The van der Waals surface area contributed by atoms with Gasteiger partial charge in [-0.25, -0.2) is 9.29 Å². The van der Waals surface area contributed by atoms with Crippen LogP contribution >= 0.6 is 11.6 Å². The molecule has 1 N–H and O–H groups in total. The summed E-state index contributed by atoms with van der Waals surface area (Å²) < 4.78 is 13.3. The molecule has 3 saturated heterocycles. The molecule has 0 aromatic heterocycles. The molecule has 5 atom stereocenters. The van der Waals surface area contributed by atoms with Gasteiger partial charge in [-0.1, -0.05) is 11.6 Å². The smallest absolute Gasteiger partial charge is 0.244 e. The van der Waals surface area contributed by atoms with Crippen molar-refractivity contribution < 1.29 is 23.7 Å². The number of nitrogens with zero attached hydrogens (tertiary/aromatic N) is 1. The van der Waals surface area contributed by atoms with E-state index in [0.29, 0.717) is 16.3 Å². The van der Waals surface area contributed by atoms with Crippen LogP contribution < -0.4 is 9.80 Å². The number of amides is 2. The van der Waals surface area contributed by atoms with Crippen molar-refractivity contribution >= 4 is 34.9 Å². The Kier molecular flexibility index (Phi) is 4.29. The van der Waals surface area contributed by atoms with Crippen LogP contribution in [0.2, 0.25) is 5.02 Å². The molecule has 0 radical (unpaired) electrons. The van der Waals surface area contributed by atoms with Crippen molar-refractivity contribution in [3.63, 3.8) is 0 Å². The van der Waals surface area contributed by atoms with E-state index in [2.05, 4.69) is 0 Å². The van der Waals surface area contributed by atoms with Gasteiger partial charge in [0.05, 0.1) is 12.2 Å². The number of ketones is 1. The van der Waals surface area contributed by atoms with Crippen LogP contribution in [0, 0.1) is 17.7 Å². The predicted molar refractivity (Wildman–Crippen MR) is 104 cm³/mol. The fraction of sp³-hybridized carbons (Fsp3) is 0.318. The summed E-state index contributed by atoms with van der Waals surface area (Å²) in [5.74, 6) is -2.39. The van der Waals surface area contributed by atoms with Crippen molar-refractivity contribution in [3.05, 3.63) is 64.9 Å². The van der Waals surface area contributed by atoms with Gasteiger partial charge in [0, 0.05) is 23.4 Å². The maximum atomic E-state index is 13.4. The summed E-state index contributed by atoms with van der Waals surface area (Å²) in [5, 5.41) is 0.534. The summed E-state index contributed by atoms with van der Waals surface area (Å²) in [4.78, 5) is 42.2. The van der Waals surface area contributed by atoms with E-state index < -0.39 is 23.7 Å². The summed E-state index contributed by atoms with van der Waals surface area (Å²) >= 11 is 5.95. The molecule has 2 aromatic rings. The second-order valence-electron chi connectivity index (χ2n) is 7.96. The number of rotatable bonds is 3. The lowest BCUT2D eigenvalue weighted by Gasteiger charge is -2.25. The number of anilines is 1. The van der Waals surface area contributed by atoms with Crippen molar-refractivity contribution in [3.8, 4) is 0 Å². The number of nitrogens with one attached hydrogen (secondary N) is 1. The van der Waals surface area contributed by atoms with E-state index in [1.165, 1.54) is 24.3 Å². The van der Waals surface area contributed by atoms with Gasteiger partial charge in [-0.2, -0.15) is 0 Å². The van der Waals surface area contributed by atoms with Crippen LogP contribution in [-0.2, 0) is 9.59 Å². The molecular weight excluding hydrogens is 395 g/mol. The lowest BCUT2D eigenvalue weighted by molar-refractivity contribution is -0.915. The van der Waals surface area contributed by atoms with Crippen LogP contribution in [0.25, 0.3) is 0 Å². The van der Waals surface area contributed by atoms with E-state index >= 15 is 0 Å². The van der Waals surface area contributed by atoms with Crippen molar-refractivity contribution in [1.29, 1.82) is 0 Å². The number of halogens is 2. The van der Waals surface area contributed by atoms with E-state index in [4.69, 9.17) is 11.6 Å². The molecule has 2 amide bonds. The largest absolute Gasteiger partial charge is 0.322 e. The van der Waals surface area contributed by atoms with Crippen LogP contribution in [0.5, 0.6) is 0 Å². The highest BCUT2D eigenvalue weighted by molar-refractivity contribution is 6.30. The lowest BCUT2D eigenvalue weighted by Crippen LogP contribution is -3.16. The summed E-state index contributed by atoms with van der Waals surface area (Å²) in [6.07, 6.45) is 1.74. The first-order valence-electron chi connectivity index (χ1n) is 9.76. The second-order valence-corrected chi connectivity index (χ2v) is 8.40. The number of quaternary nitrogens is 1. The minimum atomic E-state index is -0.684. The Bertz CT molecular complexity index is 1010. The third-order valence-corrected chi connectivity index (χ3v) is 6.79. The molecule has 2 aromatic carbocycles. The Balaban J connectivity index is 1.54. The third-order valence-electron chi connectivity index (χ3n) is 6.54. The maximum absolute atomic E-state index is 13.4. The Labute approximate surface area is 172 Å². The first-order chi connectivity index (χ1) is 14.0. The molecular formula is C22H19ClFN2O3+. The zero-order chi connectivity index (χ0) is 20.3.